The van der Waals surface area contributed by atoms with Crippen molar-refractivity contribution in [3.8, 4) is 0 Å². The highest BCUT2D eigenvalue weighted by molar-refractivity contribution is 5.93. The second kappa shape index (κ2) is 6.67. The lowest BCUT2D eigenvalue weighted by Crippen LogP contribution is -2.39. The minimum Gasteiger partial charge on any atom is -0.394 e. The van der Waals surface area contributed by atoms with Crippen molar-refractivity contribution in [2.45, 2.75) is 12.5 Å². The van der Waals surface area contributed by atoms with Crippen LogP contribution in [-0.2, 0) is 6.42 Å². The van der Waals surface area contributed by atoms with E-state index in [9.17, 15) is 20.0 Å². The summed E-state index contributed by atoms with van der Waals surface area (Å²) in [5.41, 5.74) is 1.07. The van der Waals surface area contributed by atoms with Gasteiger partial charge >= 0.3 is 5.82 Å². The smallest absolute Gasteiger partial charge is 0.321 e. The SMILES string of the molecule is O=C(N[C@H](CO)Cc1ccccc1)c1ccc([N+](=O)[O-])[nH]1. The number of hydrogen-bond donors (Lipinski definition) is 3. The fourth-order valence-corrected chi connectivity index (χ4v) is 1.95. The fourth-order valence-electron chi connectivity index (χ4n) is 1.95. The Bertz CT molecular complexity index is 624. The molecule has 1 aromatic heterocycles. The molecule has 0 unspecified atom stereocenters. The molecule has 2 rings (SSSR count). The number of aromatic nitrogens is 1. The molecule has 2 aromatic rings. The number of nitro groups is 1. The monoisotopic (exact) mass is 289 g/mol. The van der Waals surface area contributed by atoms with Crippen molar-refractivity contribution in [2.75, 3.05) is 6.61 Å². The molecule has 0 aliphatic carbocycles. The average Bonchev–Trinajstić information content (AvgIpc) is 2.97. The number of carbonyl (C=O) groups is 1. The summed E-state index contributed by atoms with van der Waals surface area (Å²) in [5.74, 6) is -0.734. The number of aromatic amines is 1. The first-order valence-corrected chi connectivity index (χ1v) is 6.39. The molecule has 3 N–H and O–H groups in total. The number of benzene rings is 1. The molecule has 0 bridgehead atoms. The first-order chi connectivity index (χ1) is 10.1. The van der Waals surface area contributed by atoms with Gasteiger partial charge in [-0.05, 0) is 23.0 Å². The fraction of sp³-hybridized carbons (Fsp3) is 0.214. The Kier molecular flexibility index (Phi) is 4.68. The third-order valence-corrected chi connectivity index (χ3v) is 2.99. The maximum atomic E-state index is 12.0. The summed E-state index contributed by atoms with van der Waals surface area (Å²) in [6.45, 7) is -0.219. The van der Waals surface area contributed by atoms with E-state index in [4.69, 9.17) is 0 Å². The summed E-state index contributed by atoms with van der Waals surface area (Å²) < 4.78 is 0. The van der Waals surface area contributed by atoms with E-state index in [1.165, 1.54) is 12.1 Å². The Hall–Kier alpha value is -2.67. The van der Waals surface area contributed by atoms with Crippen LogP contribution < -0.4 is 5.32 Å². The van der Waals surface area contributed by atoms with Crippen LogP contribution in [0.5, 0.6) is 0 Å². The lowest BCUT2D eigenvalue weighted by atomic mass is 10.1. The van der Waals surface area contributed by atoms with Gasteiger partial charge in [-0.15, -0.1) is 0 Å². The van der Waals surface area contributed by atoms with E-state index in [0.717, 1.165) is 5.56 Å². The van der Waals surface area contributed by atoms with Gasteiger partial charge in [0.05, 0.1) is 12.6 Å². The van der Waals surface area contributed by atoms with Gasteiger partial charge in [-0.25, -0.2) is 4.98 Å². The molecule has 0 aliphatic heterocycles. The number of hydrogen-bond acceptors (Lipinski definition) is 4. The van der Waals surface area contributed by atoms with Crippen molar-refractivity contribution in [3.63, 3.8) is 0 Å². The minimum absolute atomic E-state index is 0.0909. The molecular weight excluding hydrogens is 274 g/mol. The molecule has 0 saturated carbocycles. The van der Waals surface area contributed by atoms with Crippen LogP contribution in [0.25, 0.3) is 0 Å². The first-order valence-electron chi connectivity index (χ1n) is 6.39. The Labute approximate surface area is 120 Å². The van der Waals surface area contributed by atoms with Gasteiger partial charge in [-0.3, -0.25) is 4.79 Å². The number of aliphatic hydroxyl groups excluding tert-OH is 1. The zero-order valence-electron chi connectivity index (χ0n) is 11.2. The van der Waals surface area contributed by atoms with Crippen LogP contribution >= 0.6 is 0 Å². The highest BCUT2D eigenvalue weighted by atomic mass is 16.6. The molecule has 0 aliphatic rings. The quantitative estimate of drug-likeness (QED) is 0.549. The van der Waals surface area contributed by atoms with E-state index >= 15 is 0 Å². The highest BCUT2D eigenvalue weighted by Crippen LogP contribution is 2.10. The summed E-state index contributed by atoms with van der Waals surface area (Å²) in [6.07, 6.45) is 0.478. The predicted molar refractivity (Wildman–Crippen MR) is 75.9 cm³/mol. The van der Waals surface area contributed by atoms with E-state index in [0.29, 0.717) is 6.42 Å². The van der Waals surface area contributed by atoms with E-state index in [1.54, 1.807) is 0 Å². The third kappa shape index (κ3) is 3.90. The summed E-state index contributed by atoms with van der Waals surface area (Å²) >= 11 is 0. The zero-order valence-corrected chi connectivity index (χ0v) is 11.2. The van der Waals surface area contributed by atoms with Gasteiger partial charge in [0.1, 0.15) is 0 Å². The number of rotatable bonds is 6. The molecule has 0 saturated heterocycles. The summed E-state index contributed by atoms with van der Waals surface area (Å²) in [6, 6.07) is 11.5. The van der Waals surface area contributed by atoms with Crippen molar-refractivity contribution in [2.24, 2.45) is 0 Å². The van der Waals surface area contributed by atoms with Crippen LogP contribution in [0.15, 0.2) is 42.5 Å². The van der Waals surface area contributed by atoms with Gasteiger partial charge in [0, 0.05) is 6.07 Å². The number of aliphatic hydroxyl groups is 1. The number of H-pyrrole nitrogens is 1. The molecular formula is C14H15N3O4. The standard InChI is InChI=1S/C14H15N3O4/c18-9-11(8-10-4-2-1-3-5-10)15-14(19)12-6-7-13(16-12)17(20)21/h1-7,11,16,18H,8-9H2,(H,15,19)/t11-/m0/s1. The third-order valence-electron chi connectivity index (χ3n) is 2.99. The summed E-state index contributed by atoms with van der Waals surface area (Å²) in [7, 11) is 0. The molecule has 110 valence electrons. The van der Waals surface area contributed by atoms with Gasteiger partial charge in [0.25, 0.3) is 5.91 Å². The van der Waals surface area contributed by atoms with Crippen molar-refractivity contribution in [1.29, 1.82) is 0 Å². The van der Waals surface area contributed by atoms with Gasteiger partial charge in [0.15, 0.2) is 5.69 Å². The molecule has 1 amide bonds. The van der Waals surface area contributed by atoms with Gasteiger partial charge in [-0.2, -0.15) is 0 Å². The van der Waals surface area contributed by atoms with Crippen molar-refractivity contribution in [3.05, 3.63) is 63.8 Å². The maximum Gasteiger partial charge on any atom is 0.321 e. The van der Waals surface area contributed by atoms with Gasteiger partial charge in [0.2, 0.25) is 0 Å². The molecule has 0 radical (unpaired) electrons. The van der Waals surface area contributed by atoms with Crippen LogP contribution in [0.2, 0.25) is 0 Å². The second-order valence-corrected chi connectivity index (χ2v) is 4.56. The van der Waals surface area contributed by atoms with E-state index in [2.05, 4.69) is 10.3 Å². The van der Waals surface area contributed by atoms with E-state index in [1.807, 2.05) is 30.3 Å². The second-order valence-electron chi connectivity index (χ2n) is 4.56. The summed E-state index contributed by atoms with van der Waals surface area (Å²) in [5, 5.41) is 22.5. The molecule has 1 aromatic carbocycles. The van der Waals surface area contributed by atoms with Crippen molar-refractivity contribution >= 4 is 11.7 Å². The number of nitrogens with one attached hydrogen (secondary N) is 2. The predicted octanol–water partition coefficient (Wildman–Crippen LogP) is 1.26. The first kappa shape index (κ1) is 14.7. The minimum atomic E-state index is -0.607. The van der Waals surface area contributed by atoms with Crippen LogP contribution in [0.3, 0.4) is 0 Å². The molecule has 0 spiro atoms. The Morgan fingerprint density at radius 1 is 1.29 bits per heavy atom. The van der Waals surface area contributed by atoms with E-state index in [-0.39, 0.29) is 18.1 Å². The highest BCUT2D eigenvalue weighted by Gasteiger charge is 2.18. The summed E-state index contributed by atoms with van der Waals surface area (Å²) in [4.78, 5) is 24.3. The molecule has 1 atom stereocenters. The van der Waals surface area contributed by atoms with Gasteiger partial charge in [-0.1, -0.05) is 30.3 Å². The Morgan fingerprint density at radius 3 is 2.57 bits per heavy atom. The lowest BCUT2D eigenvalue weighted by molar-refractivity contribution is -0.389. The molecule has 7 nitrogen and oxygen atoms in total. The van der Waals surface area contributed by atoms with Crippen molar-refractivity contribution in [1.82, 2.24) is 10.3 Å². The van der Waals surface area contributed by atoms with Gasteiger partial charge < -0.3 is 20.5 Å². The lowest BCUT2D eigenvalue weighted by Gasteiger charge is -2.15. The maximum absolute atomic E-state index is 12.0. The Morgan fingerprint density at radius 2 is 2.00 bits per heavy atom. The number of amides is 1. The number of nitrogens with zero attached hydrogens (tertiary/aromatic N) is 1. The molecule has 0 fully saturated rings. The topological polar surface area (TPSA) is 108 Å². The van der Waals surface area contributed by atoms with Crippen LogP contribution in [0, 0.1) is 10.1 Å². The molecule has 21 heavy (non-hydrogen) atoms. The molecule has 7 heteroatoms. The normalized spacial score (nSPS) is 11.9. The Balaban J connectivity index is 2.00. The van der Waals surface area contributed by atoms with E-state index < -0.39 is 16.9 Å². The average molecular weight is 289 g/mol. The van der Waals surface area contributed by atoms with Crippen LogP contribution in [-0.4, -0.2) is 33.6 Å². The zero-order chi connectivity index (χ0) is 15.2. The van der Waals surface area contributed by atoms with Crippen LogP contribution in [0.4, 0.5) is 5.82 Å². The number of carbonyl (C=O) groups excluding carboxylic acids is 1. The van der Waals surface area contributed by atoms with Crippen LogP contribution in [0.1, 0.15) is 16.1 Å². The largest absolute Gasteiger partial charge is 0.394 e. The van der Waals surface area contributed by atoms with Crippen molar-refractivity contribution < 1.29 is 14.8 Å². The molecule has 1 heterocycles.